The van der Waals surface area contributed by atoms with E-state index in [9.17, 15) is 22.8 Å². The molecular formula is C24H16Cl3F3N4O2. The second-order valence-corrected chi connectivity index (χ2v) is 9.00. The van der Waals surface area contributed by atoms with Crippen LogP contribution in [0.5, 0.6) is 0 Å². The monoisotopic (exact) mass is 554 g/mol. The van der Waals surface area contributed by atoms with Crippen molar-refractivity contribution in [3.05, 3.63) is 119 Å². The van der Waals surface area contributed by atoms with E-state index in [1.54, 1.807) is 42.5 Å². The highest BCUT2D eigenvalue weighted by Gasteiger charge is 2.30. The van der Waals surface area contributed by atoms with E-state index in [1.165, 1.54) is 12.1 Å². The molecule has 36 heavy (non-hydrogen) atoms. The minimum Gasteiger partial charge on any atom is -0.325 e. The molecule has 1 aromatic heterocycles. The van der Waals surface area contributed by atoms with Crippen molar-refractivity contribution < 1.29 is 13.2 Å². The number of halogens is 6. The zero-order valence-electron chi connectivity index (χ0n) is 18.2. The predicted molar refractivity (Wildman–Crippen MR) is 134 cm³/mol. The number of benzene rings is 3. The third kappa shape index (κ3) is 5.92. The molecule has 0 fully saturated rings. The normalized spacial score (nSPS) is 11.5. The van der Waals surface area contributed by atoms with E-state index in [1.807, 2.05) is 0 Å². The van der Waals surface area contributed by atoms with Gasteiger partial charge in [0.25, 0.3) is 0 Å². The van der Waals surface area contributed by atoms with Gasteiger partial charge in [-0.15, -0.1) is 0 Å². The van der Waals surface area contributed by atoms with Crippen LogP contribution in [0.15, 0.2) is 76.3 Å². The fourth-order valence-corrected chi connectivity index (χ4v) is 3.84. The second-order valence-electron chi connectivity index (χ2n) is 7.75. The van der Waals surface area contributed by atoms with Gasteiger partial charge in [0.15, 0.2) is 0 Å². The van der Waals surface area contributed by atoms with Gasteiger partial charge in [-0.05, 0) is 53.6 Å². The summed E-state index contributed by atoms with van der Waals surface area (Å²) in [6, 6.07) is 15.6. The predicted octanol–water partition coefficient (Wildman–Crippen LogP) is 6.22. The molecule has 0 aliphatic rings. The molecule has 4 rings (SSSR count). The molecule has 0 aliphatic heterocycles. The van der Waals surface area contributed by atoms with Crippen molar-refractivity contribution in [3.8, 4) is 0 Å². The molecule has 0 saturated carbocycles. The molecule has 0 saturated heterocycles. The first-order valence-corrected chi connectivity index (χ1v) is 11.5. The zero-order chi connectivity index (χ0) is 26.0. The van der Waals surface area contributed by atoms with Crippen LogP contribution >= 0.6 is 34.8 Å². The van der Waals surface area contributed by atoms with E-state index < -0.39 is 23.1 Å². The van der Waals surface area contributed by atoms with Crippen LogP contribution in [0.25, 0.3) is 0 Å². The zero-order valence-corrected chi connectivity index (χ0v) is 20.5. The molecule has 0 aliphatic carbocycles. The van der Waals surface area contributed by atoms with Crippen molar-refractivity contribution in [1.29, 1.82) is 0 Å². The lowest BCUT2D eigenvalue weighted by Crippen LogP contribution is -2.43. The molecule has 0 unspecified atom stereocenters. The molecule has 0 bridgehead atoms. The fraction of sp³-hybridized carbons (Fsp3) is 0.125. The standard InChI is InChI=1S/C24H16Cl3F3N4O2/c25-17-7-4-14(5-8-17)12-34-22(35)32-21(31-18-3-1-2-16(11-18)24(28,29)30)33(23(34)36)13-15-6-9-19(26)20(27)10-15/h1-11H,12-13H2,(H,31,32,35). The van der Waals surface area contributed by atoms with Gasteiger partial charge in [-0.3, -0.25) is 4.57 Å². The molecule has 1 heterocycles. The first kappa shape index (κ1) is 25.8. The summed E-state index contributed by atoms with van der Waals surface area (Å²) in [5.41, 5.74) is -1.34. The van der Waals surface area contributed by atoms with Gasteiger partial charge in [0.1, 0.15) is 0 Å². The minimum absolute atomic E-state index is 0.00513. The number of alkyl halides is 3. The summed E-state index contributed by atoms with van der Waals surface area (Å²) in [6.45, 7) is -0.183. The summed E-state index contributed by atoms with van der Waals surface area (Å²) in [7, 11) is 0. The highest BCUT2D eigenvalue weighted by Crippen LogP contribution is 2.31. The lowest BCUT2D eigenvalue weighted by molar-refractivity contribution is -0.137. The Morgan fingerprint density at radius 3 is 2.14 bits per heavy atom. The summed E-state index contributed by atoms with van der Waals surface area (Å²) >= 11 is 18.0. The van der Waals surface area contributed by atoms with Crippen LogP contribution < -0.4 is 16.7 Å². The van der Waals surface area contributed by atoms with Gasteiger partial charge in [0, 0.05) is 10.7 Å². The van der Waals surface area contributed by atoms with Crippen molar-refractivity contribution in [2.24, 2.45) is 0 Å². The summed E-state index contributed by atoms with van der Waals surface area (Å²) in [4.78, 5) is 30.2. The van der Waals surface area contributed by atoms with Crippen LogP contribution in [0.4, 0.5) is 24.8 Å². The summed E-state index contributed by atoms with van der Waals surface area (Å²) < 4.78 is 41.6. The van der Waals surface area contributed by atoms with Crippen molar-refractivity contribution in [3.63, 3.8) is 0 Å². The largest absolute Gasteiger partial charge is 0.416 e. The van der Waals surface area contributed by atoms with Crippen molar-refractivity contribution in [1.82, 2.24) is 14.1 Å². The highest BCUT2D eigenvalue weighted by atomic mass is 35.5. The lowest BCUT2D eigenvalue weighted by Gasteiger charge is -2.17. The van der Waals surface area contributed by atoms with Crippen LogP contribution in [0.1, 0.15) is 16.7 Å². The van der Waals surface area contributed by atoms with Crippen molar-refractivity contribution in [2.45, 2.75) is 19.3 Å². The second kappa shape index (κ2) is 10.4. The van der Waals surface area contributed by atoms with E-state index in [-0.39, 0.29) is 29.7 Å². The average molecular weight is 556 g/mol. The molecule has 186 valence electrons. The van der Waals surface area contributed by atoms with Gasteiger partial charge in [0.05, 0.1) is 28.7 Å². The Morgan fingerprint density at radius 2 is 1.47 bits per heavy atom. The Kier molecular flexibility index (Phi) is 7.44. The van der Waals surface area contributed by atoms with Gasteiger partial charge in [-0.1, -0.05) is 59.1 Å². The van der Waals surface area contributed by atoms with E-state index in [2.05, 4.69) is 10.3 Å². The van der Waals surface area contributed by atoms with Crippen LogP contribution in [-0.4, -0.2) is 14.1 Å². The minimum atomic E-state index is -4.58. The molecule has 6 nitrogen and oxygen atoms in total. The molecule has 0 radical (unpaired) electrons. The van der Waals surface area contributed by atoms with E-state index >= 15 is 0 Å². The summed E-state index contributed by atoms with van der Waals surface area (Å²) in [5, 5.41) is 3.72. The smallest absolute Gasteiger partial charge is 0.325 e. The number of hydrogen-bond donors (Lipinski definition) is 1. The SMILES string of the molecule is O=c1nc(Nc2cccc(C(F)(F)F)c2)n(Cc2ccc(Cl)c(Cl)c2)c(=O)n1Cc1ccc(Cl)cc1. The van der Waals surface area contributed by atoms with Crippen molar-refractivity contribution >= 4 is 46.4 Å². The average Bonchev–Trinajstić information content (AvgIpc) is 2.82. The number of nitrogens with zero attached hydrogens (tertiary/aromatic N) is 3. The maximum absolute atomic E-state index is 13.4. The van der Waals surface area contributed by atoms with E-state index in [4.69, 9.17) is 34.8 Å². The Labute approximate surface area is 217 Å². The summed E-state index contributed by atoms with van der Waals surface area (Å²) in [5.74, 6) is -0.234. The van der Waals surface area contributed by atoms with Crippen LogP contribution in [-0.2, 0) is 19.3 Å². The number of rotatable bonds is 6. The topological polar surface area (TPSA) is 68.9 Å². The molecule has 3 aromatic carbocycles. The number of anilines is 2. The van der Waals surface area contributed by atoms with Crippen molar-refractivity contribution in [2.75, 3.05) is 5.32 Å². The molecular weight excluding hydrogens is 540 g/mol. The molecule has 12 heteroatoms. The number of hydrogen-bond acceptors (Lipinski definition) is 4. The summed E-state index contributed by atoms with van der Waals surface area (Å²) in [6.07, 6.45) is -4.58. The Balaban J connectivity index is 1.80. The van der Waals surface area contributed by atoms with E-state index in [0.717, 1.165) is 21.3 Å². The first-order valence-electron chi connectivity index (χ1n) is 10.4. The van der Waals surface area contributed by atoms with E-state index in [0.29, 0.717) is 21.2 Å². The van der Waals surface area contributed by atoms with Gasteiger partial charge in [0.2, 0.25) is 5.95 Å². The van der Waals surface area contributed by atoms with Crippen LogP contribution in [0.3, 0.4) is 0 Å². The third-order valence-electron chi connectivity index (χ3n) is 5.17. The molecule has 1 N–H and O–H groups in total. The van der Waals surface area contributed by atoms with Crippen LogP contribution in [0.2, 0.25) is 15.1 Å². The molecule has 0 spiro atoms. The molecule has 0 atom stereocenters. The quantitative estimate of drug-likeness (QED) is 0.307. The first-order chi connectivity index (χ1) is 17.0. The highest BCUT2D eigenvalue weighted by molar-refractivity contribution is 6.42. The maximum atomic E-state index is 13.4. The lowest BCUT2D eigenvalue weighted by atomic mass is 10.2. The fourth-order valence-electron chi connectivity index (χ4n) is 3.40. The Hall–Kier alpha value is -3.27. The Morgan fingerprint density at radius 1 is 0.806 bits per heavy atom. The third-order valence-corrected chi connectivity index (χ3v) is 6.17. The van der Waals surface area contributed by atoms with Gasteiger partial charge >= 0.3 is 17.6 Å². The van der Waals surface area contributed by atoms with Gasteiger partial charge in [-0.2, -0.15) is 18.2 Å². The maximum Gasteiger partial charge on any atom is 0.416 e. The van der Waals surface area contributed by atoms with Gasteiger partial charge < -0.3 is 5.32 Å². The number of nitrogens with one attached hydrogen (secondary N) is 1. The van der Waals surface area contributed by atoms with Gasteiger partial charge in [-0.25, -0.2) is 14.2 Å². The Bertz CT molecular complexity index is 1530. The number of aromatic nitrogens is 3. The van der Waals surface area contributed by atoms with Crippen LogP contribution in [0, 0.1) is 0 Å². The molecule has 0 amide bonds. The molecule has 4 aromatic rings.